The predicted molar refractivity (Wildman–Crippen MR) is 356 cm³/mol. The third-order valence-corrected chi connectivity index (χ3v) is 17.1. The number of nitrogens with one attached hydrogen (secondary N) is 1. The molecule has 0 spiro atoms. The summed E-state index contributed by atoms with van der Waals surface area (Å²) in [7, 11) is 0. The first-order chi connectivity index (χ1) is 40.0. The quantitative estimate of drug-likeness (QED) is 0.0320. The number of unbranched alkanes of at least 4 members (excludes halogenated alkanes) is 54. The molecular weight excluding hydrogens is 995 g/mol. The van der Waals surface area contributed by atoms with Gasteiger partial charge in [0.05, 0.1) is 25.4 Å². The molecule has 3 N–H and O–H groups in total. The number of aliphatic hydroxyl groups excluding tert-OH is 2. The SMILES string of the molecule is CCC/C=C\C/C=C\CCCCCCCC(=O)OCCCCCCCCCCCCCCCCCCCCCCCCCCCCCCCCCCCCCCCCCC(=O)NC(CO)C(O)/C=C/CCCCCCCCCCCC. The number of esters is 1. The van der Waals surface area contributed by atoms with Crippen LogP contribution in [0.25, 0.3) is 0 Å². The molecule has 478 valence electrons. The van der Waals surface area contributed by atoms with Gasteiger partial charge in [-0.3, -0.25) is 9.59 Å². The van der Waals surface area contributed by atoms with Crippen LogP contribution in [0.3, 0.4) is 0 Å². The summed E-state index contributed by atoms with van der Waals surface area (Å²) in [5.74, 6) is -0.0522. The summed E-state index contributed by atoms with van der Waals surface area (Å²) in [6, 6.07) is -0.622. The van der Waals surface area contributed by atoms with Gasteiger partial charge in [0.1, 0.15) is 0 Å². The summed E-state index contributed by atoms with van der Waals surface area (Å²) in [6.45, 7) is 4.85. The first kappa shape index (κ1) is 79.1. The number of hydrogen-bond acceptors (Lipinski definition) is 5. The normalized spacial score (nSPS) is 12.7. The van der Waals surface area contributed by atoms with Crippen molar-refractivity contribution >= 4 is 11.9 Å². The molecule has 0 aromatic carbocycles. The van der Waals surface area contributed by atoms with Crippen molar-refractivity contribution in [2.24, 2.45) is 0 Å². The van der Waals surface area contributed by atoms with Crippen LogP contribution >= 0.6 is 0 Å². The topological polar surface area (TPSA) is 95.9 Å². The van der Waals surface area contributed by atoms with E-state index in [1.807, 2.05) is 6.08 Å². The fraction of sp³-hybridized carbons (Fsp3) is 0.893. The van der Waals surface area contributed by atoms with Crippen LogP contribution in [0.5, 0.6) is 0 Å². The van der Waals surface area contributed by atoms with Gasteiger partial charge in [-0.2, -0.15) is 0 Å². The van der Waals surface area contributed by atoms with Gasteiger partial charge in [-0.25, -0.2) is 0 Å². The molecule has 0 bridgehead atoms. The molecule has 0 aliphatic carbocycles. The Balaban J connectivity index is 3.29. The number of allylic oxidation sites excluding steroid dienone is 5. The highest BCUT2D eigenvalue weighted by Crippen LogP contribution is 2.19. The molecule has 81 heavy (non-hydrogen) atoms. The summed E-state index contributed by atoms with van der Waals surface area (Å²) < 4.78 is 5.48. The minimum atomic E-state index is -0.839. The largest absolute Gasteiger partial charge is 0.466 e. The Hall–Kier alpha value is -1.92. The molecule has 0 rings (SSSR count). The molecule has 0 radical (unpaired) electrons. The van der Waals surface area contributed by atoms with Gasteiger partial charge in [-0.1, -0.05) is 371 Å². The van der Waals surface area contributed by atoms with E-state index in [0.717, 1.165) is 51.4 Å². The third-order valence-electron chi connectivity index (χ3n) is 17.1. The molecule has 6 heteroatoms. The molecule has 0 fully saturated rings. The van der Waals surface area contributed by atoms with Crippen molar-refractivity contribution in [3.05, 3.63) is 36.5 Å². The van der Waals surface area contributed by atoms with E-state index in [9.17, 15) is 19.8 Å². The molecule has 2 unspecified atom stereocenters. The Kier molecular flexibility index (Phi) is 68.9. The van der Waals surface area contributed by atoms with Gasteiger partial charge >= 0.3 is 5.97 Å². The van der Waals surface area contributed by atoms with Crippen LogP contribution in [0.2, 0.25) is 0 Å². The average Bonchev–Trinajstić information content (AvgIpc) is 3.47. The minimum Gasteiger partial charge on any atom is -0.466 e. The lowest BCUT2D eigenvalue weighted by atomic mass is 10.0. The van der Waals surface area contributed by atoms with Gasteiger partial charge in [0.15, 0.2) is 0 Å². The third kappa shape index (κ3) is 67.1. The van der Waals surface area contributed by atoms with Crippen LogP contribution in [-0.4, -0.2) is 47.4 Å². The number of carbonyl (C=O) groups excluding carboxylic acids is 2. The zero-order valence-corrected chi connectivity index (χ0v) is 54.8. The zero-order valence-electron chi connectivity index (χ0n) is 54.8. The van der Waals surface area contributed by atoms with E-state index < -0.39 is 12.1 Å². The second-order valence-electron chi connectivity index (χ2n) is 25.3. The fourth-order valence-corrected chi connectivity index (χ4v) is 11.6. The van der Waals surface area contributed by atoms with Gasteiger partial charge < -0.3 is 20.3 Å². The Bertz CT molecular complexity index is 1310. The van der Waals surface area contributed by atoms with Crippen molar-refractivity contribution in [2.75, 3.05) is 13.2 Å². The van der Waals surface area contributed by atoms with Crippen LogP contribution in [0, 0.1) is 0 Å². The molecule has 1 amide bonds. The maximum absolute atomic E-state index is 12.5. The van der Waals surface area contributed by atoms with Gasteiger partial charge in [0, 0.05) is 12.8 Å². The standard InChI is InChI=1S/C75H143NO5/c1-3-5-7-9-11-13-15-44-49-53-57-61-65-69-75(80)81-70-66-62-58-54-50-46-43-41-39-37-35-33-31-29-27-25-23-21-19-17-18-20-22-24-26-28-30-32-34-36-38-40-42-45-48-52-56-60-64-68-74(79)76-72(71-77)73(78)67-63-59-55-51-47-16-14-12-10-8-6-4-2/h7,9,13,15,63,67,72-73,77-78H,3-6,8,10-12,14,16-62,64-66,68-71H2,1-2H3,(H,76,79)/b9-7-,15-13-,67-63+. The second kappa shape index (κ2) is 70.6. The number of ether oxygens (including phenoxy) is 1. The highest BCUT2D eigenvalue weighted by molar-refractivity contribution is 5.76. The van der Waals surface area contributed by atoms with Crippen molar-refractivity contribution in [1.29, 1.82) is 0 Å². The molecule has 0 aliphatic heterocycles. The van der Waals surface area contributed by atoms with Crippen molar-refractivity contribution in [1.82, 2.24) is 5.32 Å². The van der Waals surface area contributed by atoms with E-state index in [0.29, 0.717) is 19.4 Å². The van der Waals surface area contributed by atoms with Crippen LogP contribution in [-0.2, 0) is 14.3 Å². The number of amides is 1. The summed E-state index contributed by atoms with van der Waals surface area (Å²) >= 11 is 0. The number of carbonyl (C=O) groups is 2. The summed E-state index contributed by atoms with van der Waals surface area (Å²) in [5, 5.41) is 23.1. The lowest BCUT2D eigenvalue weighted by molar-refractivity contribution is -0.143. The Morgan fingerprint density at radius 3 is 0.988 bits per heavy atom. The van der Waals surface area contributed by atoms with Crippen molar-refractivity contribution in [3.8, 4) is 0 Å². The second-order valence-corrected chi connectivity index (χ2v) is 25.3. The highest BCUT2D eigenvalue weighted by atomic mass is 16.5. The molecule has 0 saturated heterocycles. The molecule has 2 atom stereocenters. The average molecular weight is 1140 g/mol. The molecular formula is C75H143NO5. The van der Waals surface area contributed by atoms with Crippen molar-refractivity contribution in [3.63, 3.8) is 0 Å². The summed E-state index contributed by atoms with van der Waals surface area (Å²) in [4.78, 5) is 24.5. The van der Waals surface area contributed by atoms with E-state index in [4.69, 9.17) is 4.74 Å². The molecule has 0 saturated carbocycles. The molecule has 0 aromatic rings. The van der Waals surface area contributed by atoms with E-state index in [1.54, 1.807) is 6.08 Å². The van der Waals surface area contributed by atoms with Gasteiger partial charge in [-0.05, 0) is 57.8 Å². The van der Waals surface area contributed by atoms with Gasteiger partial charge in [0.25, 0.3) is 0 Å². The Morgan fingerprint density at radius 2 is 0.642 bits per heavy atom. The van der Waals surface area contributed by atoms with Crippen molar-refractivity contribution < 1.29 is 24.5 Å². The van der Waals surface area contributed by atoms with Gasteiger partial charge in [-0.15, -0.1) is 0 Å². The summed E-state index contributed by atoms with van der Waals surface area (Å²) in [6.07, 6.45) is 91.2. The van der Waals surface area contributed by atoms with E-state index in [-0.39, 0.29) is 18.5 Å². The molecule has 6 nitrogen and oxygen atoms in total. The van der Waals surface area contributed by atoms with Crippen LogP contribution in [0.1, 0.15) is 406 Å². The lowest BCUT2D eigenvalue weighted by Crippen LogP contribution is -2.45. The van der Waals surface area contributed by atoms with Crippen LogP contribution in [0.15, 0.2) is 36.5 Å². The number of aliphatic hydroxyl groups is 2. The van der Waals surface area contributed by atoms with E-state index >= 15 is 0 Å². The number of rotatable bonds is 69. The zero-order chi connectivity index (χ0) is 58.5. The number of hydrogen-bond donors (Lipinski definition) is 3. The maximum Gasteiger partial charge on any atom is 0.305 e. The van der Waals surface area contributed by atoms with Crippen LogP contribution in [0.4, 0.5) is 0 Å². The molecule has 0 heterocycles. The van der Waals surface area contributed by atoms with E-state index in [2.05, 4.69) is 43.5 Å². The van der Waals surface area contributed by atoms with Crippen molar-refractivity contribution in [2.45, 2.75) is 418 Å². The predicted octanol–water partition coefficient (Wildman–Crippen LogP) is 23.9. The maximum atomic E-state index is 12.5. The monoisotopic (exact) mass is 1140 g/mol. The molecule has 0 aliphatic rings. The highest BCUT2D eigenvalue weighted by Gasteiger charge is 2.18. The summed E-state index contributed by atoms with van der Waals surface area (Å²) in [5.41, 5.74) is 0. The molecule has 0 aromatic heterocycles. The first-order valence-corrected chi connectivity index (χ1v) is 36.8. The smallest absolute Gasteiger partial charge is 0.305 e. The van der Waals surface area contributed by atoms with Gasteiger partial charge in [0.2, 0.25) is 5.91 Å². The fourth-order valence-electron chi connectivity index (χ4n) is 11.6. The van der Waals surface area contributed by atoms with Crippen LogP contribution < -0.4 is 5.32 Å². The lowest BCUT2D eigenvalue weighted by Gasteiger charge is -2.20. The Morgan fingerprint density at radius 1 is 0.346 bits per heavy atom. The minimum absolute atomic E-state index is 0.00864. The van der Waals surface area contributed by atoms with E-state index in [1.165, 1.54) is 327 Å². The Labute approximate surface area is 506 Å². The first-order valence-electron chi connectivity index (χ1n) is 36.8.